The van der Waals surface area contributed by atoms with Crippen LogP contribution in [0, 0.1) is 17.3 Å². The quantitative estimate of drug-likeness (QED) is 0.682. The van der Waals surface area contributed by atoms with Gasteiger partial charge in [-0.15, -0.1) is 0 Å². The van der Waals surface area contributed by atoms with E-state index < -0.39 is 0 Å². The van der Waals surface area contributed by atoms with E-state index in [1.807, 2.05) is 0 Å². The summed E-state index contributed by atoms with van der Waals surface area (Å²) in [6, 6.07) is 0. The number of ether oxygens (including phenoxy) is 1. The molecule has 100 valence electrons. The van der Waals surface area contributed by atoms with Crippen molar-refractivity contribution in [3.8, 4) is 0 Å². The molecule has 1 heterocycles. The Morgan fingerprint density at radius 2 is 2.00 bits per heavy atom. The van der Waals surface area contributed by atoms with Crippen molar-refractivity contribution in [3.63, 3.8) is 0 Å². The molecule has 0 N–H and O–H groups in total. The van der Waals surface area contributed by atoms with Crippen LogP contribution < -0.4 is 0 Å². The molecule has 4 unspecified atom stereocenters. The zero-order chi connectivity index (χ0) is 12.5. The molecule has 2 fully saturated rings. The van der Waals surface area contributed by atoms with E-state index in [0.717, 1.165) is 18.4 Å². The molecule has 1 aliphatic carbocycles. The zero-order valence-electron chi connectivity index (χ0n) is 11.5. The van der Waals surface area contributed by atoms with E-state index in [-0.39, 0.29) is 0 Å². The van der Waals surface area contributed by atoms with Crippen LogP contribution >= 0.6 is 15.9 Å². The number of hydrogen-bond donors (Lipinski definition) is 0. The van der Waals surface area contributed by atoms with Gasteiger partial charge in [-0.1, -0.05) is 43.1 Å². The standard InChI is InChI=1S/C15H27BrO/c1-11-6-7-13(14(16)9-11)15(2,3)10-12-5-4-8-17-12/h11-14H,4-10H2,1-3H3. The third kappa shape index (κ3) is 3.47. The predicted molar refractivity (Wildman–Crippen MR) is 76.6 cm³/mol. The van der Waals surface area contributed by atoms with E-state index >= 15 is 0 Å². The lowest BCUT2D eigenvalue weighted by Crippen LogP contribution is -2.37. The van der Waals surface area contributed by atoms with Crippen LogP contribution in [0.3, 0.4) is 0 Å². The summed E-state index contributed by atoms with van der Waals surface area (Å²) in [6.07, 6.45) is 8.45. The minimum absolute atomic E-state index is 0.420. The molecule has 0 bridgehead atoms. The number of alkyl halides is 1. The minimum atomic E-state index is 0.420. The highest BCUT2D eigenvalue weighted by Gasteiger charge is 2.39. The van der Waals surface area contributed by atoms with E-state index in [2.05, 4.69) is 36.7 Å². The van der Waals surface area contributed by atoms with Crippen molar-refractivity contribution in [2.45, 2.75) is 70.2 Å². The van der Waals surface area contributed by atoms with Crippen molar-refractivity contribution >= 4 is 15.9 Å². The van der Waals surface area contributed by atoms with Crippen molar-refractivity contribution in [1.29, 1.82) is 0 Å². The average molecular weight is 303 g/mol. The van der Waals surface area contributed by atoms with E-state index in [1.54, 1.807) is 0 Å². The first kappa shape index (κ1) is 13.9. The SMILES string of the molecule is CC1CCC(C(C)(C)CC2CCCO2)C(Br)C1. The van der Waals surface area contributed by atoms with Crippen LogP contribution in [-0.2, 0) is 4.74 Å². The van der Waals surface area contributed by atoms with Gasteiger partial charge < -0.3 is 4.74 Å². The fraction of sp³-hybridized carbons (Fsp3) is 1.00. The topological polar surface area (TPSA) is 9.23 Å². The van der Waals surface area contributed by atoms with Crippen LogP contribution in [0.5, 0.6) is 0 Å². The molecule has 2 aliphatic rings. The van der Waals surface area contributed by atoms with Crippen molar-refractivity contribution in [3.05, 3.63) is 0 Å². The van der Waals surface area contributed by atoms with Gasteiger partial charge in [-0.25, -0.2) is 0 Å². The monoisotopic (exact) mass is 302 g/mol. The average Bonchev–Trinajstić information content (AvgIpc) is 2.68. The molecule has 0 amide bonds. The first-order valence-corrected chi connectivity index (χ1v) is 8.16. The highest BCUT2D eigenvalue weighted by Crippen LogP contribution is 2.46. The molecule has 17 heavy (non-hydrogen) atoms. The van der Waals surface area contributed by atoms with E-state index in [9.17, 15) is 0 Å². The van der Waals surface area contributed by atoms with Gasteiger partial charge in [0.25, 0.3) is 0 Å². The predicted octanol–water partition coefficient (Wildman–Crippen LogP) is 4.78. The second-order valence-corrected chi connectivity index (χ2v) is 8.04. The summed E-state index contributed by atoms with van der Waals surface area (Å²) in [6.45, 7) is 8.27. The minimum Gasteiger partial charge on any atom is -0.378 e. The number of halogens is 1. The van der Waals surface area contributed by atoms with Gasteiger partial charge >= 0.3 is 0 Å². The Morgan fingerprint density at radius 1 is 1.24 bits per heavy atom. The molecule has 1 saturated carbocycles. The molecule has 2 heteroatoms. The summed E-state index contributed by atoms with van der Waals surface area (Å²) in [7, 11) is 0. The molecule has 4 atom stereocenters. The maximum Gasteiger partial charge on any atom is 0.0581 e. The van der Waals surface area contributed by atoms with Crippen LogP contribution in [0.15, 0.2) is 0 Å². The summed E-state index contributed by atoms with van der Waals surface area (Å²) in [5.74, 6) is 1.72. The highest BCUT2D eigenvalue weighted by atomic mass is 79.9. The van der Waals surface area contributed by atoms with Crippen LogP contribution in [0.1, 0.15) is 59.3 Å². The number of rotatable bonds is 3. The molecule has 0 spiro atoms. The smallest absolute Gasteiger partial charge is 0.0581 e. The first-order chi connectivity index (χ1) is 7.99. The molecular formula is C15H27BrO. The van der Waals surface area contributed by atoms with Crippen LogP contribution in [0.4, 0.5) is 0 Å². The van der Waals surface area contributed by atoms with E-state index in [0.29, 0.717) is 16.3 Å². The van der Waals surface area contributed by atoms with Gasteiger partial charge in [-0.05, 0) is 49.4 Å². The first-order valence-electron chi connectivity index (χ1n) is 7.24. The molecule has 0 aromatic heterocycles. The molecule has 0 aromatic carbocycles. The summed E-state index contributed by atoms with van der Waals surface area (Å²) >= 11 is 3.94. The van der Waals surface area contributed by atoms with Gasteiger partial charge in [0.1, 0.15) is 0 Å². The largest absolute Gasteiger partial charge is 0.378 e. The van der Waals surface area contributed by atoms with Gasteiger partial charge in [-0.2, -0.15) is 0 Å². The van der Waals surface area contributed by atoms with E-state index in [1.165, 1.54) is 38.5 Å². The van der Waals surface area contributed by atoms with Gasteiger partial charge in [0.2, 0.25) is 0 Å². The van der Waals surface area contributed by atoms with Crippen molar-refractivity contribution in [1.82, 2.24) is 0 Å². The van der Waals surface area contributed by atoms with Crippen LogP contribution in [0.25, 0.3) is 0 Å². The van der Waals surface area contributed by atoms with Crippen molar-refractivity contribution in [2.24, 2.45) is 17.3 Å². The lowest BCUT2D eigenvalue weighted by Gasteiger charge is -2.43. The Morgan fingerprint density at radius 3 is 2.59 bits per heavy atom. The lowest BCUT2D eigenvalue weighted by atomic mass is 9.66. The second kappa shape index (κ2) is 5.61. The molecule has 1 aliphatic heterocycles. The Balaban J connectivity index is 1.93. The summed E-state index contributed by atoms with van der Waals surface area (Å²) in [4.78, 5) is 0.711. The Hall–Kier alpha value is 0.440. The maximum absolute atomic E-state index is 5.82. The Kier molecular flexibility index (Phi) is 4.57. The van der Waals surface area contributed by atoms with Gasteiger partial charge in [0.05, 0.1) is 6.10 Å². The maximum atomic E-state index is 5.82. The van der Waals surface area contributed by atoms with Gasteiger partial charge in [0.15, 0.2) is 0 Å². The Labute approximate surface area is 115 Å². The Bertz CT molecular complexity index is 245. The summed E-state index contributed by atoms with van der Waals surface area (Å²) < 4.78 is 5.82. The lowest BCUT2D eigenvalue weighted by molar-refractivity contribution is 0.0388. The van der Waals surface area contributed by atoms with Crippen LogP contribution in [-0.4, -0.2) is 17.5 Å². The number of hydrogen-bond acceptors (Lipinski definition) is 1. The van der Waals surface area contributed by atoms with Crippen molar-refractivity contribution in [2.75, 3.05) is 6.61 Å². The van der Waals surface area contributed by atoms with Crippen molar-refractivity contribution < 1.29 is 4.74 Å². The van der Waals surface area contributed by atoms with Crippen LogP contribution in [0.2, 0.25) is 0 Å². The van der Waals surface area contributed by atoms with E-state index in [4.69, 9.17) is 4.74 Å². The summed E-state index contributed by atoms with van der Waals surface area (Å²) in [5, 5.41) is 0. The fourth-order valence-electron chi connectivity index (χ4n) is 3.74. The van der Waals surface area contributed by atoms with Gasteiger partial charge in [-0.3, -0.25) is 0 Å². The molecule has 1 nitrogen and oxygen atoms in total. The van der Waals surface area contributed by atoms with Gasteiger partial charge in [0, 0.05) is 11.4 Å². The molecule has 0 radical (unpaired) electrons. The molecule has 0 aromatic rings. The fourth-order valence-corrected chi connectivity index (χ4v) is 5.35. The summed E-state index contributed by atoms with van der Waals surface area (Å²) in [5.41, 5.74) is 0.420. The highest BCUT2D eigenvalue weighted by molar-refractivity contribution is 9.09. The normalized spacial score (nSPS) is 39.5. The second-order valence-electron chi connectivity index (χ2n) is 6.87. The third-order valence-corrected chi connectivity index (χ3v) is 5.83. The molecule has 2 rings (SSSR count). The third-order valence-electron chi connectivity index (χ3n) is 4.82. The molecular weight excluding hydrogens is 276 g/mol. The molecule has 1 saturated heterocycles. The zero-order valence-corrected chi connectivity index (χ0v) is 13.1.